The van der Waals surface area contributed by atoms with Crippen LogP contribution in [0.15, 0.2) is 42.5 Å². The first kappa shape index (κ1) is 18.3. The molecule has 0 heterocycles. The van der Waals surface area contributed by atoms with Gasteiger partial charge in [-0.25, -0.2) is 13.6 Å². The predicted octanol–water partition coefficient (Wildman–Crippen LogP) is 2.92. The monoisotopic (exact) mass is 445 g/mol. The number of carboxylic acids is 1. The van der Waals surface area contributed by atoms with E-state index in [9.17, 15) is 23.5 Å². The van der Waals surface area contributed by atoms with Crippen LogP contribution in [0.1, 0.15) is 11.1 Å². The Labute approximate surface area is 151 Å². The largest absolute Gasteiger partial charge is 0.480 e. The highest BCUT2D eigenvalue weighted by Gasteiger charge is 2.22. The summed E-state index contributed by atoms with van der Waals surface area (Å²) in [6.45, 7) is 0. The van der Waals surface area contributed by atoms with Gasteiger partial charge in [-0.05, 0) is 46.4 Å². The Bertz CT molecular complexity index is 747. The standard InChI is InChI=1S/C17H14F2INO3/c18-12-5-3-6-13(19)11(12)9-16(22)21-15(17(23)24)8-10-4-1-2-7-14(10)20/h1-7,15H,8-9H2,(H,21,22)(H,23,24)/t15-/m1/s1. The molecule has 2 rings (SSSR count). The first-order valence-corrected chi connectivity index (χ1v) is 8.15. The normalized spacial score (nSPS) is 11.8. The fourth-order valence-electron chi connectivity index (χ4n) is 2.19. The van der Waals surface area contributed by atoms with Crippen molar-refractivity contribution < 1.29 is 23.5 Å². The summed E-state index contributed by atoms with van der Waals surface area (Å²) < 4.78 is 28.0. The lowest BCUT2D eigenvalue weighted by molar-refractivity contribution is -0.141. The molecule has 0 saturated heterocycles. The van der Waals surface area contributed by atoms with Crippen LogP contribution in [0.2, 0.25) is 0 Å². The minimum Gasteiger partial charge on any atom is -0.480 e. The number of amides is 1. The molecule has 126 valence electrons. The summed E-state index contributed by atoms with van der Waals surface area (Å²) in [5, 5.41) is 11.6. The molecule has 7 heteroatoms. The Balaban J connectivity index is 2.09. The third-order valence-corrected chi connectivity index (χ3v) is 4.47. The molecule has 0 aliphatic carbocycles. The maximum absolute atomic E-state index is 13.6. The molecule has 24 heavy (non-hydrogen) atoms. The molecule has 0 aromatic heterocycles. The number of rotatable bonds is 6. The Hall–Kier alpha value is -2.03. The summed E-state index contributed by atoms with van der Waals surface area (Å²) in [6, 6.07) is 9.30. The molecule has 0 spiro atoms. The van der Waals surface area contributed by atoms with Crippen LogP contribution in [0, 0.1) is 15.2 Å². The quantitative estimate of drug-likeness (QED) is 0.673. The fourth-order valence-corrected chi connectivity index (χ4v) is 2.80. The molecule has 0 aliphatic heterocycles. The van der Waals surface area contributed by atoms with E-state index >= 15 is 0 Å². The SMILES string of the molecule is O=C(Cc1c(F)cccc1F)N[C@H](Cc1ccccc1I)C(=O)O. The van der Waals surface area contributed by atoms with Crippen molar-refractivity contribution in [2.24, 2.45) is 0 Å². The van der Waals surface area contributed by atoms with Gasteiger partial charge in [0.05, 0.1) is 6.42 Å². The third-order valence-electron chi connectivity index (χ3n) is 3.41. The van der Waals surface area contributed by atoms with E-state index in [0.717, 1.165) is 21.3 Å². The number of halogens is 3. The van der Waals surface area contributed by atoms with Gasteiger partial charge in [0.15, 0.2) is 0 Å². The summed E-state index contributed by atoms with van der Waals surface area (Å²) >= 11 is 2.07. The highest BCUT2D eigenvalue weighted by atomic mass is 127. The van der Waals surface area contributed by atoms with Crippen molar-refractivity contribution in [1.82, 2.24) is 5.32 Å². The second kappa shape index (κ2) is 8.18. The van der Waals surface area contributed by atoms with Crippen LogP contribution >= 0.6 is 22.6 Å². The molecule has 2 aromatic rings. The zero-order chi connectivity index (χ0) is 17.7. The Morgan fingerprint density at radius 2 is 1.71 bits per heavy atom. The van der Waals surface area contributed by atoms with E-state index in [0.29, 0.717) is 0 Å². The van der Waals surface area contributed by atoms with E-state index in [-0.39, 0.29) is 12.0 Å². The molecule has 0 unspecified atom stereocenters. The van der Waals surface area contributed by atoms with Gasteiger partial charge in [0.25, 0.3) is 0 Å². The van der Waals surface area contributed by atoms with Gasteiger partial charge in [-0.15, -0.1) is 0 Å². The lowest BCUT2D eigenvalue weighted by Gasteiger charge is -2.16. The van der Waals surface area contributed by atoms with Gasteiger partial charge >= 0.3 is 5.97 Å². The topological polar surface area (TPSA) is 66.4 Å². The molecule has 1 atom stereocenters. The molecule has 0 radical (unpaired) electrons. The summed E-state index contributed by atoms with van der Waals surface area (Å²) in [4.78, 5) is 23.4. The van der Waals surface area contributed by atoms with Gasteiger partial charge in [0, 0.05) is 15.6 Å². The maximum atomic E-state index is 13.6. The van der Waals surface area contributed by atoms with Crippen molar-refractivity contribution in [2.75, 3.05) is 0 Å². The second-order valence-electron chi connectivity index (χ2n) is 5.13. The van der Waals surface area contributed by atoms with Gasteiger partial charge in [0.1, 0.15) is 17.7 Å². The Morgan fingerprint density at radius 1 is 1.08 bits per heavy atom. The molecule has 2 aromatic carbocycles. The molecule has 0 fully saturated rings. The number of benzene rings is 2. The van der Waals surface area contributed by atoms with Gasteiger partial charge in [0.2, 0.25) is 5.91 Å². The van der Waals surface area contributed by atoms with Gasteiger partial charge in [-0.3, -0.25) is 4.79 Å². The Morgan fingerprint density at radius 3 is 2.29 bits per heavy atom. The van der Waals surface area contributed by atoms with Crippen LogP contribution in [0.25, 0.3) is 0 Å². The van der Waals surface area contributed by atoms with Crippen LogP contribution in [0.3, 0.4) is 0 Å². The van der Waals surface area contributed by atoms with E-state index in [4.69, 9.17) is 0 Å². The minimum absolute atomic E-state index is 0.0833. The van der Waals surface area contributed by atoms with Crippen LogP contribution < -0.4 is 5.32 Å². The summed E-state index contributed by atoms with van der Waals surface area (Å²) in [6.07, 6.45) is -0.478. The number of hydrogen-bond donors (Lipinski definition) is 2. The van der Waals surface area contributed by atoms with E-state index in [1.54, 1.807) is 12.1 Å². The van der Waals surface area contributed by atoms with Crippen molar-refractivity contribution in [3.05, 3.63) is 68.8 Å². The zero-order valence-corrected chi connectivity index (χ0v) is 14.6. The Kier molecular flexibility index (Phi) is 6.24. The van der Waals surface area contributed by atoms with E-state index in [2.05, 4.69) is 27.9 Å². The van der Waals surface area contributed by atoms with Gasteiger partial charge in [-0.2, -0.15) is 0 Å². The predicted molar refractivity (Wildman–Crippen MR) is 92.5 cm³/mol. The molecule has 0 saturated carbocycles. The molecule has 2 N–H and O–H groups in total. The van der Waals surface area contributed by atoms with Gasteiger partial charge < -0.3 is 10.4 Å². The highest BCUT2D eigenvalue weighted by molar-refractivity contribution is 14.1. The average Bonchev–Trinajstić information content (AvgIpc) is 2.52. The van der Waals surface area contributed by atoms with Gasteiger partial charge in [-0.1, -0.05) is 24.3 Å². The first-order chi connectivity index (χ1) is 11.4. The van der Waals surface area contributed by atoms with E-state index < -0.39 is 36.0 Å². The van der Waals surface area contributed by atoms with Crippen molar-refractivity contribution in [3.8, 4) is 0 Å². The molecule has 1 amide bonds. The maximum Gasteiger partial charge on any atom is 0.326 e. The molecular weight excluding hydrogens is 431 g/mol. The second-order valence-corrected chi connectivity index (χ2v) is 6.29. The van der Waals surface area contributed by atoms with Crippen molar-refractivity contribution >= 4 is 34.5 Å². The summed E-state index contributed by atoms with van der Waals surface area (Å²) in [5.74, 6) is -3.64. The van der Waals surface area contributed by atoms with E-state index in [1.165, 1.54) is 6.07 Å². The fraction of sp³-hybridized carbons (Fsp3) is 0.176. The minimum atomic E-state index is -1.21. The third kappa shape index (κ3) is 4.73. The molecular formula is C17H14F2INO3. The summed E-state index contributed by atoms with van der Waals surface area (Å²) in [7, 11) is 0. The molecule has 0 aliphatic rings. The molecule has 0 bridgehead atoms. The number of carbonyl (C=O) groups is 2. The van der Waals surface area contributed by atoms with Crippen molar-refractivity contribution in [2.45, 2.75) is 18.9 Å². The lowest BCUT2D eigenvalue weighted by Crippen LogP contribution is -2.43. The number of carboxylic acid groups (broad SMARTS) is 1. The number of carbonyl (C=O) groups excluding carboxylic acids is 1. The van der Waals surface area contributed by atoms with E-state index in [1.807, 2.05) is 12.1 Å². The average molecular weight is 445 g/mol. The van der Waals surface area contributed by atoms with Crippen LogP contribution in [0.4, 0.5) is 8.78 Å². The first-order valence-electron chi connectivity index (χ1n) is 7.07. The van der Waals surface area contributed by atoms with Crippen LogP contribution in [0.5, 0.6) is 0 Å². The van der Waals surface area contributed by atoms with Crippen LogP contribution in [-0.2, 0) is 22.4 Å². The highest BCUT2D eigenvalue weighted by Crippen LogP contribution is 2.15. The molecule has 4 nitrogen and oxygen atoms in total. The summed E-state index contributed by atoms with van der Waals surface area (Å²) in [5.41, 5.74) is 0.385. The number of nitrogens with one attached hydrogen (secondary N) is 1. The van der Waals surface area contributed by atoms with Crippen LogP contribution in [-0.4, -0.2) is 23.0 Å². The van der Waals surface area contributed by atoms with Crippen molar-refractivity contribution in [1.29, 1.82) is 0 Å². The number of aliphatic carboxylic acids is 1. The zero-order valence-electron chi connectivity index (χ0n) is 12.4. The van der Waals surface area contributed by atoms with Crippen molar-refractivity contribution in [3.63, 3.8) is 0 Å². The smallest absolute Gasteiger partial charge is 0.326 e. The lowest BCUT2D eigenvalue weighted by atomic mass is 10.1. The number of hydrogen-bond acceptors (Lipinski definition) is 2.